The van der Waals surface area contributed by atoms with Gasteiger partial charge in [0, 0.05) is 31.9 Å². The van der Waals surface area contributed by atoms with Gasteiger partial charge in [-0.3, -0.25) is 9.59 Å². The number of carbonyl (C=O) groups excluding carboxylic acids is 1. The third-order valence-corrected chi connectivity index (χ3v) is 3.51. The number of aryl methyl sites for hydroxylation is 1. The van der Waals surface area contributed by atoms with Crippen LogP contribution < -0.4 is 5.32 Å². The molecule has 1 fully saturated rings. The van der Waals surface area contributed by atoms with Gasteiger partial charge in [-0.05, 0) is 30.9 Å². The Bertz CT molecular complexity index is 453. The zero-order valence-electron chi connectivity index (χ0n) is 10.4. The van der Waals surface area contributed by atoms with Crippen molar-refractivity contribution in [3.05, 3.63) is 24.0 Å². The Kier molecular flexibility index (Phi) is 3.69. The summed E-state index contributed by atoms with van der Waals surface area (Å²) in [5.41, 5.74) is 1.05. The van der Waals surface area contributed by atoms with Crippen LogP contribution in [0.1, 0.15) is 24.8 Å². The third kappa shape index (κ3) is 2.91. The normalized spacial score (nSPS) is 22.9. The third-order valence-electron chi connectivity index (χ3n) is 3.51. The number of nitrogens with one attached hydrogen (secondary N) is 1. The van der Waals surface area contributed by atoms with Crippen LogP contribution in [0.3, 0.4) is 0 Å². The highest BCUT2D eigenvalue weighted by molar-refractivity contribution is 5.80. The van der Waals surface area contributed by atoms with Gasteiger partial charge in [-0.15, -0.1) is 0 Å². The fraction of sp³-hybridized carbons (Fsp3) is 0.538. The average molecular weight is 250 g/mol. The fourth-order valence-electron chi connectivity index (χ4n) is 2.44. The van der Waals surface area contributed by atoms with Gasteiger partial charge in [0.1, 0.15) is 0 Å². The van der Waals surface area contributed by atoms with Crippen LogP contribution >= 0.6 is 0 Å². The summed E-state index contributed by atoms with van der Waals surface area (Å²) in [4.78, 5) is 22.7. The second kappa shape index (κ2) is 5.25. The van der Waals surface area contributed by atoms with Crippen LogP contribution in [0.2, 0.25) is 0 Å². The number of aromatic nitrogens is 1. The van der Waals surface area contributed by atoms with Crippen LogP contribution in [0.25, 0.3) is 0 Å². The maximum absolute atomic E-state index is 11.9. The number of hydrogen-bond donors (Lipinski definition) is 2. The van der Waals surface area contributed by atoms with Crippen LogP contribution in [0.5, 0.6) is 0 Å². The average Bonchev–Trinajstić information content (AvgIpc) is 2.94. The number of carbonyl (C=O) groups is 2. The lowest BCUT2D eigenvalue weighted by molar-refractivity contribution is -0.141. The number of nitrogens with zero attached hydrogens (tertiary/aromatic N) is 1. The van der Waals surface area contributed by atoms with Crippen molar-refractivity contribution in [1.29, 1.82) is 0 Å². The molecule has 0 radical (unpaired) electrons. The summed E-state index contributed by atoms with van der Waals surface area (Å²) in [6, 6.07) is 1.95. The van der Waals surface area contributed by atoms with Gasteiger partial charge < -0.3 is 15.0 Å². The molecule has 0 saturated heterocycles. The first kappa shape index (κ1) is 12.7. The molecule has 0 aliphatic heterocycles. The van der Waals surface area contributed by atoms with Crippen LogP contribution in [0.15, 0.2) is 18.5 Å². The molecular weight excluding hydrogens is 232 g/mol. The molecule has 1 aliphatic rings. The maximum Gasteiger partial charge on any atom is 0.306 e. The van der Waals surface area contributed by atoms with Gasteiger partial charge >= 0.3 is 5.97 Å². The van der Waals surface area contributed by atoms with E-state index < -0.39 is 5.97 Å². The van der Waals surface area contributed by atoms with Gasteiger partial charge in [-0.1, -0.05) is 0 Å². The zero-order chi connectivity index (χ0) is 13.1. The summed E-state index contributed by atoms with van der Waals surface area (Å²) >= 11 is 0. The molecule has 18 heavy (non-hydrogen) atoms. The Labute approximate surface area is 106 Å². The van der Waals surface area contributed by atoms with Crippen LogP contribution in [0, 0.1) is 11.8 Å². The van der Waals surface area contributed by atoms with E-state index in [0.717, 1.165) is 5.56 Å². The molecule has 2 atom stereocenters. The van der Waals surface area contributed by atoms with Crippen LogP contribution in [-0.2, 0) is 23.2 Å². The number of hydrogen-bond acceptors (Lipinski definition) is 2. The van der Waals surface area contributed by atoms with E-state index in [-0.39, 0.29) is 17.7 Å². The second-order valence-corrected chi connectivity index (χ2v) is 4.95. The summed E-state index contributed by atoms with van der Waals surface area (Å²) in [6.07, 6.45) is 5.64. The molecule has 5 heteroatoms. The smallest absolute Gasteiger partial charge is 0.306 e. The van der Waals surface area contributed by atoms with Crippen LogP contribution in [0.4, 0.5) is 0 Å². The highest BCUT2D eigenvalue weighted by Crippen LogP contribution is 2.31. The van der Waals surface area contributed by atoms with Crippen molar-refractivity contribution in [3.63, 3.8) is 0 Å². The quantitative estimate of drug-likeness (QED) is 0.841. The Hall–Kier alpha value is -1.78. The molecule has 0 aromatic carbocycles. The summed E-state index contributed by atoms with van der Waals surface area (Å²) in [5.74, 6) is -1.30. The van der Waals surface area contributed by atoms with Crippen molar-refractivity contribution in [1.82, 2.24) is 9.88 Å². The number of aliphatic carboxylic acids is 1. The van der Waals surface area contributed by atoms with Crippen molar-refractivity contribution in [2.45, 2.75) is 25.8 Å². The first-order chi connectivity index (χ1) is 8.56. The summed E-state index contributed by atoms with van der Waals surface area (Å²) in [5, 5.41) is 11.8. The molecule has 98 valence electrons. The van der Waals surface area contributed by atoms with E-state index >= 15 is 0 Å². The highest BCUT2D eigenvalue weighted by Gasteiger charge is 2.33. The molecule has 2 rings (SSSR count). The van der Waals surface area contributed by atoms with E-state index in [1.165, 1.54) is 0 Å². The number of carboxylic acids is 1. The molecule has 1 amide bonds. The molecule has 2 N–H and O–H groups in total. The van der Waals surface area contributed by atoms with Crippen LogP contribution in [-0.4, -0.2) is 21.6 Å². The standard InChI is InChI=1S/C13H18N2O3/c1-15-5-4-9(8-15)7-14-12(16)10-2-3-11(6-10)13(17)18/h4-5,8,10-11H,2-3,6-7H2,1H3,(H,14,16)(H,17,18)/t10-,11+/m1/s1. The lowest BCUT2D eigenvalue weighted by atomic mass is 10.0. The minimum absolute atomic E-state index is 0.0254. The largest absolute Gasteiger partial charge is 0.481 e. The topological polar surface area (TPSA) is 71.3 Å². The first-order valence-electron chi connectivity index (χ1n) is 6.17. The second-order valence-electron chi connectivity index (χ2n) is 4.95. The minimum atomic E-state index is -0.784. The van der Waals surface area contributed by atoms with Crippen molar-refractivity contribution in [2.24, 2.45) is 18.9 Å². The van der Waals surface area contributed by atoms with E-state index in [9.17, 15) is 9.59 Å². The Morgan fingerprint density at radius 3 is 2.72 bits per heavy atom. The molecule has 1 aromatic rings. The first-order valence-corrected chi connectivity index (χ1v) is 6.17. The van der Waals surface area contributed by atoms with Gasteiger partial charge in [-0.25, -0.2) is 0 Å². The Morgan fingerprint density at radius 1 is 1.44 bits per heavy atom. The highest BCUT2D eigenvalue weighted by atomic mass is 16.4. The van der Waals surface area contributed by atoms with Crippen molar-refractivity contribution in [3.8, 4) is 0 Å². The van der Waals surface area contributed by atoms with E-state index in [1.807, 2.05) is 30.1 Å². The van der Waals surface area contributed by atoms with Gasteiger partial charge in [-0.2, -0.15) is 0 Å². The monoisotopic (exact) mass is 250 g/mol. The van der Waals surface area contributed by atoms with Crippen molar-refractivity contribution < 1.29 is 14.7 Å². The molecule has 1 saturated carbocycles. The van der Waals surface area contributed by atoms with E-state index in [0.29, 0.717) is 25.8 Å². The van der Waals surface area contributed by atoms with Crippen molar-refractivity contribution in [2.75, 3.05) is 0 Å². The molecule has 0 bridgehead atoms. The van der Waals surface area contributed by atoms with E-state index in [2.05, 4.69) is 5.32 Å². The lowest BCUT2D eigenvalue weighted by Crippen LogP contribution is -2.29. The molecule has 1 heterocycles. The maximum atomic E-state index is 11.9. The fourth-order valence-corrected chi connectivity index (χ4v) is 2.44. The van der Waals surface area contributed by atoms with E-state index in [1.54, 1.807) is 0 Å². The van der Waals surface area contributed by atoms with Gasteiger partial charge in [0.15, 0.2) is 0 Å². The molecule has 1 aliphatic carbocycles. The molecule has 0 unspecified atom stereocenters. The van der Waals surface area contributed by atoms with Gasteiger partial charge in [0.2, 0.25) is 5.91 Å². The molecule has 1 aromatic heterocycles. The number of carboxylic acid groups (broad SMARTS) is 1. The molecular formula is C13H18N2O3. The summed E-state index contributed by atoms with van der Waals surface area (Å²) in [7, 11) is 1.93. The zero-order valence-corrected chi connectivity index (χ0v) is 10.4. The number of rotatable bonds is 4. The minimum Gasteiger partial charge on any atom is -0.481 e. The number of amides is 1. The predicted octanol–water partition coefficient (Wildman–Crippen LogP) is 1.14. The SMILES string of the molecule is Cn1ccc(CNC(=O)[C@@H]2CC[C@H](C(=O)O)C2)c1. The predicted molar refractivity (Wildman–Crippen MR) is 65.7 cm³/mol. The van der Waals surface area contributed by atoms with Gasteiger partial charge in [0.25, 0.3) is 0 Å². The molecule has 5 nitrogen and oxygen atoms in total. The Morgan fingerprint density at radius 2 is 2.17 bits per heavy atom. The lowest BCUT2D eigenvalue weighted by Gasteiger charge is -2.10. The summed E-state index contributed by atoms with van der Waals surface area (Å²) in [6.45, 7) is 0.508. The summed E-state index contributed by atoms with van der Waals surface area (Å²) < 4.78 is 1.93. The molecule has 0 spiro atoms. The Balaban J connectivity index is 1.80. The van der Waals surface area contributed by atoms with E-state index in [4.69, 9.17) is 5.11 Å². The van der Waals surface area contributed by atoms with Gasteiger partial charge in [0.05, 0.1) is 5.92 Å². The van der Waals surface area contributed by atoms with Crippen molar-refractivity contribution >= 4 is 11.9 Å².